The predicted molar refractivity (Wildman–Crippen MR) is 67.4 cm³/mol. The molecule has 0 aliphatic carbocycles. The largest absolute Gasteiger partial charge is 0.426 e. The number of benzene rings is 1. The maximum atomic E-state index is 11.2. The smallest absolute Gasteiger partial charge is 0.329 e. The van der Waals surface area contributed by atoms with E-state index in [0.29, 0.717) is 11.1 Å². The molecule has 0 heterocycles. The van der Waals surface area contributed by atoms with Crippen LogP contribution in [0.4, 0.5) is 0 Å². The highest BCUT2D eigenvalue weighted by Gasteiger charge is 2.15. The molecule has 0 bridgehead atoms. The van der Waals surface area contributed by atoms with Crippen LogP contribution in [0.5, 0.6) is 5.75 Å². The fraction of sp³-hybridized carbons (Fsp3) is 0.300. The summed E-state index contributed by atoms with van der Waals surface area (Å²) in [5.41, 5.74) is 1.40. The van der Waals surface area contributed by atoms with Crippen molar-refractivity contribution in [1.29, 1.82) is 0 Å². The van der Waals surface area contributed by atoms with Gasteiger partial charge in [-0.05, 0) is 12.1 Å². The van der Waals surface area contributed by atoms with Gasteiger partial charge in [-0.15, -0.1) is 0 Å². The summed E-state index contributed by atoms with van der Waals surface area (Å²) in [6.07, 6.45) is 0.466. The third-order valence-corrected chi connectivity index (χ3v) is 2.63. The highest BCUT2D eigenvalue weighted by atomic mass is 32.2. The van der Waals surface area contributed by atoms with Crippen LogP contribution in [0.1, 0.15) is 11.1 Å². The highest BCUT2D eigenvalue weighted by Crippen LogP contribution is 2.18. The summed E-state index contributed by atoms with van der Waals surface area (Å²) in [5, 5.41) is 0. The number of rotatable bonds is 5. The summed E-state index contributed by atoms with van der Waals surface area (Å²) in [6, 6.07) is 4.75. The molecule has 0 aliphatic rings. The van der Waals surface area contributed by atoms with E-state index in [2.05, 4.69) is 0 Å². The lowest BCUT2D eigenvalue weighted by molar-refractivity contribution is -0.131. The van der Waals surface area contributed by atoms with Gasteiger partial charge in [-0.2, -0.15) is 8.42 Å². The molecular weight excluding hydrogens is 254 g/mol. The Bertz CT molecular complexity index is 519. The highest BCUT2D eigenvalue weighted by molar-refractivity contribution is 7.86. The number of carbonyl (C=O) groups excluding carboxylic acids is 1. The third-order valence-electron chi connectivity index (χ3n) is 2.03. The predicted octanol–water partition coefficient (Wildman–Crippen LogP) is -0.183. The van der Waals surface area contributed by atoms with Crippen LogP contribution in [-0.2, 0) is 27.6 Å². The van der Waals surface area contributed by atoms with Crippen molar-refractivity contribution in [2.24, 2.45) is 0 Å². The lowest BCUT2D eigenvalue weighted by atomic mass is 9.91. The van der Waals surface area contributed by atoms with Crippen LogP contribution in [0.2, 0.25) is 0 Å². The van der Waals surface area contributed by atoms with Gasteiger partial charge in [0.25, 0.3) is 10.1 Å². The van der Waals surface area contributed by atoms with Crippen LogP contribution in [0, 0.1) is 0 Å². The van der Waals surface area contributed by atoms with E-state index in [1.54, 1.807) is 6.07 Å². The van der Waals surface area contributed by atoms with E-state index >= 15 is 0 Å². The normalized spacial score (nSPS) is 11.2. The summed E-state index contributed by atoms with van der Waals surface area (Å²) in [5.74, 6) is -2.03. The molecular formula is C10H10B2O5S. The molecule has 1 rings (SSSR count). The van der Waals surface area contributed by atoms with Gasteiger partial charge >= 0.3 is 5.97 Å². The fourth-order valence-corrected chi connectivity index (χ4v) is 1.69. The first-order valence-electron chi connectivity index (χ1n) is 5.03. The third kappa shape index (κ3) is 4.93. The molecule has 0 saturated heterocycles. The minimum Gasteiger partial charge on any atom is -0.426 e. The Morgan fingerprint density at radius 3 is 2.06 bits per heavy atom. The topological polar surface area (TPSA) is 80.7 Å². The Morgan fingerprint density at radius 2 is 1.67 bits per heavy atom. The van der Waals surface area contributed by atoms with Gasteiger partial charge in [0.1, 0.15) is 5.75 Å². The van der Waals surface area contributed by atoms with Gasteiger partial charge in [0, 0.05) is 0 Å². The summed E-state index contributed by atoms with van der Waals surface area (Å²) in [7, 11) is 6.52. The minimum atomic E-state index is -4.40. The van der Waals surface area contributed by atoms with E-state index in [1.165, 1.54) is 12.1 Å². The molecule has 0 aliphatic heterocycles. The van der Waals surface area contributed by atoms with Crippen molar-refractivity contribution >= 4 is 31.8 Å². The Morgan fingerprint density at radius 1 is 1.17 bits per heavy atom. The van der Waals surface area contributed by atoms with Crippen LogP contribution in [0.25, 0.3) is 0 Å². The second kappa shape index (κ2) is 6.06. The standard InChI is InChI=1S/C10H10B2O5S/c11-4-7-1-8(5-12)3-9(2-7)17-10(13)6-18(14,15)16/h1-3H,4-6H2,(H,14,15,16). The maximum Gasteiger partial charge on any atom is 0.329 e. The summed E-state index contributed by atoms with van der Waals surface area (Å²) < 4.78 is 34.3. The van der Waals surface area contributed by atoms with Crippen LogP contribution in [-0.4, -0.2) is 40.4 Å². The van der Waals surface area contributed by atoms with Crippen molar-refractivity contribution in [3.05, 3.63) is 29.3 Å². The van der Waals surface area contributed by atoms with E-state index in [4.69, 9.17) is 25.0 Å². The first kappa shape index (κ1) is 14.8. The van der Waals surface area contributed by atoms with E-state index < -0.39 is 21.8 Å². The SMILES string of the molecule is [B]Cc1cc(C[B])cc(OC(=O)CS(=O)(=O)O)c1. The van der Waals surface area contributed by atoms with Gasteiger partial charge in [-0.25, -0.2) is 0 Å². The molecule has 0 saturated carbocycles. The molecule has 18 heavy (non-hydrogen) atoms. The number of ether oxygens (including phenoxy) is 1. The van der Waals surface area contributed by atoms with Gasteiger partial charge in [0.2, 0.25) is 0 Å². The molecule has 0 fully saturated rings. The average molecular weight is 264 g/mol. The summed E-state index contributed by atoms with van der Waals surface area (Å²) in [4.78, 5) is 11.2. The Labute approximate surface area is 108 Å². The van der Waals surface area contributed by atoms with E-state index in [-0.39, 0.29) is 18.4 Å². The van der Waals surface area contributed by atoms with Crippen LogP contribution in [0.3, 0.4) is 0 Å². The molecule has 92 valence electrons. The lowest BCUT2D eigenvalue weighted by Crippen LogP contribution is -2.20. The van der Waals surface area contributed by atoms with Crippen LogP contribution in [0.15, 0.2) is 18.2 Å². The quantitative estimate of drug-likeness (QED) is 0.345. The van der Waals surface area contributed by atoms with E-state index in [9.17, 15) is 13.2 Å². The molecule has 8 heteroatoms. The zero-order chi connectivity index (χ0) is 13.8. The number of carbonyl (C=O) groups is 1. The van der Waals surface area contributed by atoms with Crippen molar-refractivity contribution in [1.82, 2.24) is 0 Å². The zero-order valence-corrected chi connectivity index (χ0v) is 10.3. The molecule has 4 radical (unpaired) electrons. The molecule has 0 unspecified atom stereocenters. The number of hydrogen-bond donors (Lipinski definition) is 1. The summed E-state index contributed by atoms with van der Waals surface area (Å²) >= 11 is 0. The Hall–Kier alpha value is -1.27. The van der Waals surface area contributed by atoms with Crippen molar-refractivity contribution in [2.75, 3.05) is 5.75 Å². The number of hydrogen-bond acceptors (Lipinski definition) is 4. The fourth-order valence-electron chi connectivity index (χ4n) is 1.33. The van der Waals surface area contributed by atoms with Crippen molar-refractivity contribution in [2.45, 2.75) is 12.6 Å². The minimum absolute atomic E-state index is 0.145. The van der Waals surface area contributed by atoms with Crippen molar-refractivity contribution in [3.8, 4) is 5.75 Å². The monoisotopic (exact) mass is 264 g/mol. The van der Waals surface area contributed by atoms with Crippen molar-refractivity contribution < 1.29 is 22.5 Å². The summed E-state index contributed by atoms with van der Waals surface area (Å²) in [6.45, 7) is 0. The Kier molecular flexibility index (Phi) is 4.98. The first-order valence-corrected chi connectivity index (χ1v) is 6.64. The molecule has 0 amide bonds. The van der Waals surface area contributed by atoms with Gasteiger partial charge in [-0.3, -0.25) is 9.35 Å². The van der Waals surface area contributed by atoms with Gasteiger partial charge in [-0.1, -0.05) is 29.8 Å². The zero-order valence-electron chi connectivity index (χ0n) is 9.50. The Balaban J connectivity index is 2.87. The second-order valence-electron chi connectivity index (χ2n) is 3.59. The molecule has 0 atom stereocenters. The van der Waals surface area contributed by atoms with E-state index in [1.807, 2.05) is 0 Å². The van der Waals surface area contributed by atoms with E-state index in [0.717, 1.165) is 0 Å². The molecule has 1 aromatic carbocycles. The van der Waals surface area contributed by atoms with Gasteiger partial charge in [0.15, 0.2) is 5.75 Å². The van der Waals surface area contributed by atoms with Crippen molar-refractivity contribution in [3.63, 3.8) is 0 Å². The molecule has 1 aromatic rings. The van der Waals surface area contributed by atoms with Crippen LogP contribution < -0.4 is 4.74 Å². The van der Waals surface area contributed by atoms with Gasteiger partial charge < -0.3 is 4.74 Å². The molecule has 0 aromatic heterocycles. The average Bonchev–Trinajstić information content (AvgIpc) is 2.25. The molecule has 1 N–H and O–H groups in total. The maximum absolute atomic E-state index is 11.2. The van der Waals surface area contributed by atoms with Crippen LogP contribution >= 0.6 is 0 Å². The lowest BCUT2D eigenvalue weighted by Gasteiger charge is -2.08. The first-order chi connectivity index (χ1) is 8.34. The molecule has 5 nitrogen and oxygen atoms in total. The van der Waals surface area contributed by atoms with Gasteiger partial charge in [0.05, 0.1) is 15.7 Å². The molecule has 0 spiro atoms. The number of esters is 1. The second-order valence-corrected chi connectivity index (χ2v) is 5.05.